The van der Waals surface area contributed by atoms with Gasteiger partial charge >= 0.3 is 0 Å². The minimum Gasteiger partial charge on any atom is -0.375 e. The quantitative estimate of drug-likeness (QED) is 0.466. The summed E-state index contributed by atoms with van der Waals surface area (Å²) in [5.41, 5.74) is 2.15. The van der Waals surface area contributed by atoms with E-state index in [-0.39, 0.29) is 11.3 Å². The number of ether oxygens (including phenoxy) is 1. The second kappa shape index (κ2) is 7.71. The van der Waals surface area contributed by atoms with E-state index in [9.17, 15) is 4.79 Å². The van der Waals surface area contributed by atoms with Crippen LogP contribution in [0.2, 0.25) is 0 Å². The molecule has 4 fully saturated rings. The standard InChI is InChI=1S/C29H46O2/c1-17-11-13-29(6)24-12-14-28(5)22(19(3)27-10-7-18(2)20(4)31-27)8-9-23(28)21(24)16-26(30)25(29)15-17/h16-20,22-25,27H,7-15H2,1-6H3/t17-,18+,19+,20-,22-,23+,24?,25-,27-,28-,29-/m1/s1. The Hall–Kier alpha value is -0.630. The Balaban J connectivity index is 1.40. The molecule has 1 aliphatic heterocycles. The first-order valence-corrected chi connectivity index (χ1v) is 13.6. The van der Waals surface area contributed by atoms with Crippen molar-refractivity contribution in [3.8, 4) is 0 Å². The van der Waals surface area contributed by atoms with Crippen molar-refractivity contribution in [2.75, 3.05) is 0 Å². The second-order valence-corrected chi connectivity index (χ2v) is 13.1. The van der Waals surface area contributed by atoms with Crippen LogP contribution in [0.15, 0.2) is 11.6 Å². The average molecular weight is 427 g/mol. The van der Waals surface area contributed by atoms with Crippen molar-refractivity contribution in [2.24, 2.45) is 52.3 Å². The van der Waals surface area contributed by atoms with Gasteiger partial charge in [-0.15, -0.1) is 0 Å². The molecule has 2 heteroatoms. The van der Waals surface area contributed by atoms with E-state index >= 15 is 0 Å². The highest BCUT2D eigenvalue weighted by Crippen LogP contribution is 2.67. The lowest BCUT2D eigenvalue weighted by Gasteiger charge is -2.57. The molecule has 5 rings (SSSR count). The van der Waals surface area contributed by atoms with E-state index in [1.165, 1.54) is 51.4 Å². The summed E-state index contributed by atoms with van der Waals surface area (Å²) in [5, 5.41) is 0. The molecule has 1 saturated heterocycles. The van der Waals surface area contributed by atoms with Crippen molar-refractivity contribution in [1.82, 2.24) is 0 Å². The molecule has 174 valence electrons. The summed E-state index contributed by atoms with van der Waals surface area (Å²) in [5.74, 6) is 4.79. The van der Waals surface area contributed by atoms with Gasteiger partial charge < -0.3 is 4.74 Å². The summed E-state index contributed by atoms with van der Waals surface area (Å²) in [6, 6.07) is 0. The number of fused-ring (bicyclic) bond motifs is 5. The molecule has 0 spiro atoms. The molecule has 0 aromatic heterocycles. The molecule has 0 N–H and O–H groups in total. The summed E-state index contributed by atoms with van der Waals surface area (Å²) in [4.78, 5) is 13.4. The van der Waals surface area contributed by atoms with E-state index in [0.29, 0.717) is 53.0 Å². The predicted octanol–water partition coefficient (Wildman–Crippen LogP) is 7.22. The Morgan fingerprint density at radius 3 is 2.35 bits per heavy atom. The predicted molar refractivity (Wildman–Crippen MR) is 127 cm³/mol. The highest BCUT2D eigenvalue weighted by atomic mass is 16.5. The second-order valence-electron chi connectivity index (χ2n) is 13.1. The largest absolute Gasteiger partial charge is 0.375 e. The van der Waals surface area contributed by atoms with E-state index < -0.39 is 0 Å². The van der Waals surface area contributed by atoms with Crippen molar-refractivity contribution >= 4 is 5.78 Å². The van der Waals surface area contributed by atoms with E-state index in [0.717, 1.165) is 12.3 Å². The molecule has 0 aromatic carbocycles. The summed E-state index contributed by atoms with van der Waals surface area (Å²) in [7, 11) is 0. The van der Waals surface area contributed by atoms with Crippen molar-refractivity contribution in [3.63, 3.8) is 0 Å². The van der Waals surface area contributed by atoms with Crippen LogP contribution in [-0.2, 0) is 9.53 Å². The summed E-state index contributed by atoms with van der Waals surface area (Å²) < 4.78 is 6.55. The fourth-order valence-corrected chi connectivity index (χ4v) is 9.24. The average Bonchev–Trinajstić information content (AvgIpc) is 3.08. The Bertz CT molecular complexity index is 754. The number of rotatable bonds is 2. The van der Waals surface area contributed by atoms with E-state index in [4.69, 9.17) is 4.74 Å². The van der Waals surface area contributed by atoms with Gasteiger partial charge in [0.25, 0.3) is 0 Å². The monoisotopic (exact) mass is 426 g/mol. The topological polar surface area (TPSA) is 26.3 Å². The molecule has 1 unspecified atom stereocenters. The molecule has 1 heterocycles. The normalized spacial score (nSPS) is 53.2. The van der Waals surface area contributed by atoms with E-state index in [2.05, 4.69) is 47.6 Å². The summed E-state index contributed by atoms with van der Waals surface area (Å²) in [6.45, 7) is 14.5. The van der Waals surface area contributed by atoms with Crippen LogP contribution < -0.4 is 0 Å². The van der Waals surface area contributed by atoms with Crippen LogP contribution in [0.1, 0.15) is 99.3 Å². The molecule has 0 aromatic rings. The van der Waals surface area contributed by atoms with Crippen molar-refractivity contribution in [3.05, 3.63) is 11.6 Å². The molecule has 11 atom stereocenters. The van der Waals surface area contributed by atoms with Gasteiger partial charge in [-0.25, -0.2) is 0 Å². The molecule has 2 nitrogen and oxygen atoms in total. The molecule has 3 saturated carbocycles. The van der Waals surface area contributed by atoms with Gasteiger partial charge in [-0.3, -0.25) is 4.79 Å². The van der Waals surface area contributed by atoms with Gasteiger partial charge in [-0.05, 0) is 111 Å². The Labute approximate surface area is 191 Å². The first kappa shape index (κ1) is 22.2. The number of hydrogen-bond donors (Lipinski definition) is 0. The van der Waals surface area contributed by atoms with Crippen LogP contribution in [0.25, 0.3) is 0 Å². The van der Waals surface area contributed by atoms with Crippen molar-refractivity contribution in [2.45, 2.75) is 112 Å². The maximum atomic E-state index is 13.4. The van der Waals surface area contributed by atoms with Gasteiger partial charge in [0.2, 0.25) is 0 Å². The van der Waals surface area contributed by atoms with Crippen LogP contribution >= 0.6 is 0 Å². The summed E-state index contributed by atoms with van der Waals surface area (Å²) >= 11 is 0. The molecular weight excluding hydrogens is 380 g/mol. The Kier molecular flexibility index (Phi) is 5.52. The van der Waals surface area contributed by atoms with Gasteiger partial charge in [-0.2, -0.15) is 0 Å². The maximum Gasteiger partial charge on any atom is 0.159 e. The zero-order valence-corrected chi connectivity index (χ0v) is 21.0. The molecule has 5 aliphatic rings. The number of carbonyl (C=O) groups excluding carboxylic acids is 1. The number of allylic oxidation sites excluding steroid dienone is 2. The lowest BCUT2D eigenvalue weighted by atomic mass is 9.47. The number of carbonyl (C=O) groups is 1. The first-order chi connectivity index (χ1) is 14.6. The van der Waals surface area contributed by atoms with Crippen molar-refractivity contribution in [1.29, 1.82) is 0 Å². The zero-order chi connectivity index (χ0) is 22.1. The van der Waals surface area contributed by atoms with Gasteiger partial charge in [0, 0.05) is 5.92 Å². The van der Waals surface area contributed by atoms with Crippen LogP contribution in [0.5, 0.6) is 0 Å². The van der Waals surface area contributed by atoms with Gasteiger partial charge in [0.15, 0.2) is 5.78 Å². The number of ketones is 1. The van der Waals surface area contributed by atoms with Crippen molar-refractivity contribution < 1.29 is 9.53 Å². The fourth-order valence-electron chi connectivity index (χ4n) is 9.24. The third kappa shape index (κ3) is 3.32. The fraction of sp³-hybridized carbons (Fsp3) is 0.897. The lowest BCUT2D eigenvalue weighted by molar-refractivity contribution is -0.131. The van der Waals surface area contributed by atoms with Gasteiger partial charge in [0.05, 0.1) is 12.2 Å². The van der Waals surface area contributed by atoms with E-state index in [1.54, 1.807) is 5.57 Å². The highest BCUT2D eigenvalue weighted by Gasteiger charge is 2.60. The SMILES string of the molecule is C[C@@H]1CC[C@]2(C)C3CC[C@]4(C)[C@@H]([C@H](C)[C@H]5CC[C@H](C)[C@@H](C)O5)CC[C@H]4C3=CC(=O)[C@H]2C1. The maximum absolute atomic E-state index is 13.4. The molecule has 0 amide bonds. The molecule has 0 bridgehead atoms. The number of hydrogen-bond acceptors (Lipinski definition) is 2. The highest BCUT2D eigenvalue weighted by molar-refractivity contribution is 5.94. The van der Waals surface area contributed by atoms with Crippen LogP contribution in [-0.4, -0.2) is 18.0 Å². The van der Waals surface area contributed by atoms with E-state index in [1.807, 2.05) is 0 Å². The van der Waals surface area contributed by atoms with Crippen LogP contribution in [0.4, 0.5) is 0 Å². The van der Waals surface area contributed by atoms with Crippen LogP contribution in [0.3, 0.4) is 0 Å². The zero-order valence-electron chi connectivity index (χ0n) is 21.0. The van der Waals surface area contributed by atoms with Gasteiger partial charge in [-0.1, -0.05) is 46.6 Å². The Morgan fingerprint density at radius 2 is 1.61 bits per heavy atom. The minimum atomic E-state index is 0.219. The molecule has 4 aliphatic carbocycles. The molecular formula is C29H46O2. The Morgan fingerprint density at radius 1 is 0.903 bits per heavy atom. The van der Waals surface area contributed by atoms with Gasteiger partial charge in [0.1, 0.15) is 0 Å². The third-order valence-electron chi connectivity index (χ3n) is 11.6. The minimum absolute atomic E-state index is 0.219. The first-order valence-electron chi connectivity index (χ1n) is 13.6. The molecule has 31 heavy (non-hydrogen) atoms. The van der Waals surface area contributed by atoms with Crippen LogP contribution in [0, 0.1) is 52.3 Å². The lowest BCUT2D eigenvalue weighted by Crippen LogP contribution is -2.52. The smallest absolute Gasteiger partial charge is 0.159 e. The molecule has 0 radical (unpaired) electrons. The third-order valence-corrected chi connectivity index (χ3v) is 11.6. The summed E-state index contributed by atoms with van der Waals surface area (Å²) in [6.07, 6.45) is 14.5.